The molecule has 0 saturated heterocycles. The van der Waals surface area contributed by atoms with E-state index < -0.39 is 11.2 Å². The second kappa shape index (κ2) is 6.92. The molecule has 2 aromatic rings. The third kappa shape index (κ3) is 3.74. The molecule has 0 bridgehead atoms. The molecule has 1 atom stereocenters. The third-order valence-electron chi connectivity index (χ3n) is 3.07. The van der Waals surface area contributed by atoms with E-state index in [1.807, 2.05) is 24.3 Å². The molecule has 2 rings (SSSR count). The summed E-state index contributed by atoms with van der Waals surface area (Å²) in [5.41, 5.74) is 3.02. The molecule has 0 aliphatic carbocycles. The fraction of sp³-hybridized carbons (Fsp3) is 0.118. The van der Waals surface area contributed by atoms with Crippen LogP contribution in [-0.4, -0.2) is 16.2 Å². The monoisotopic (exact) mass is 311 g/mol. The minimum atomic E-state index is -1.04. The van der Waals surface area contributed by atoms with Crippen LogP contribution in [0.2, 0.25) is 0 Å². The van der Waals surface area contributed by atoms with Gasteiger partial charge in [0.15, 0.2) is 5.12 Å². The first-order valence-electron chi connectivity index (χ1n) is 6.52. The van der Waals surface area contributed by atoms with Gasteiger partial charge in [-0.1, -0.05) is 48.2 Å². The summed E-state index contributed by atoms with van der Waals surface area (Å²) in [4.78, 5) is 22.4. The lowest BCUT2D eigenvalue weighted by Crippen LogP contribution is -2.09. The summed E-state index contributed by atoms with van der Waals surface area (Å²) in [7, 11) is 0. The van der Waals surface area contributed by atoms with Gasteiger partial charge in [-0.2, -0.15) is 5.26 Å². The van der Waals surface area contributed by atoms with Gasteiger partial charge in [0, 0.05) is 6.92 Å². The number of benzene rings is 2. The van der Waals surface area contributed by atoms with E-state index in [1.165, 1.54) is 6.92 Å². The first-order chi connectivity index (χ1) is 10.5. The van der Waals surface area contributed by atoms with Crippen molar-refractivity contribution in [3.05, 3.63) is 59.7 Å². The highest BCUT2D eigenvalue weighted by Crippen LogP contribution is 2.31. The molecule has 1 N–H and O–H groups in total. The number of aliphatic carboxylic acids is 1. The fourth-order valence-corrected chi connectivity index (χ4v) is 2.74. The van der Waals surface area contributed by atoms with Gasteiger partial charge < -0.3 is 5.11 Å². The normalized spacial score (nSPS) is 11.5. The van der Waals surface area contributed by atoms with Gasteiger partial charge in [-0.05, 0) is 28.8 Å². The molecule has 22 heavy (non-hydrogen) atoms. The Balaban J connectivity index is 2.26. The zero-order chi connectivity index (χ0) is 16.1. The lowest BCUT2D eigenvalue weighted by molar-refractivity contribution is -0.136. The van der Waals surface area contributed by atoms with Crippen LogP contribution in [0.25, 0.3) is 11.1 Å². The van der Waals surface area contributed by atoms with Gasteiger partial charge in [0.2, 0.25) is 0 Å². The number of hydrogen-bond acceptors (Lipinski definition) is 4. The molecule has 110 valence electrons. The molecule has 0 spiro atoms. The molecule has 2 aromatic carbocycles. The molecule has 0 fully saturated rings. The van der Waals surface area contributed by atoms with Crippen LogP contribution in [0.5, 0.6) is 0 Å². The number of nitriles is 1. The first-order valence-corrected chi connectivity index (χ1v) is 7.40. The van der Waals surface area contributed by atoms with E-state index in [2.05, 4.69) is 6.07 Å². The summed E-state index contributed by atoms with van der Waals surface area (Å²) in [5, 5.41) is 16.9. The minimum absolute atomic E-state index is 0.233. The Hall–Kier alpha value is -2.58. The van der Waals surface area contributed by atoms with Gasteiger partial charge >= 0.3 is 5.97 Å². The molecule has 0 heterocycles. The largest absolute Gasteiger partial charge is 0.480 e. The SMILES string of the molecule is CC(=O)SC(C(=O)O)c1ccc(-c2ccc(C#N)cc2)cc1. The van der Waals surface area contributed by atoms with Crippen molar-refractivity contribution in [2.24, 2.45) is 0 Å². The van der Waals surface area contributed by atoms with Crippen molar-refractivity contribution in [1.82, 2.24) is 0 Å². The molecule has 0 aromatic heterocycles. The van der Waals surface area contributed by atoms with Crippen LogP contribution in [0, 0.1) is 11.3 Å². The van der Waals surface area contributed by atoms with E-state index in [4.69, 9.17) is 5.26 Å². The molecule has 0 radical (unpaired) electrons. The number of rotatable bonds is 4. The highest BCUT2D eigenvalue weighted by atomic mass is 32.2. The molecule has 4 nitrogen and oxygen atoms in total. The van der Waals surface area contributed by atoms with Gasteiger partial charge in [0.05, 0.1) is 11.6 Å². The predicted molar refractivity (Wildman–Crippen MR) is 85.2 cm³/mol. The van der Waals surface area contributed by atoms with Crippen LogP contribution >= 0.6 is 11.8 Å². The van der Waals surface area contributed by atoms with Gasteiger partial charge in [-0.25, -0.2) is 0 Å². The highest BCUT2D eigenvalue weighted by Gasteiger charge is 2.22. The minimum Gasteiger partial charge on any atom is -0.480 e. The Kier molecular flexibility index (Phi) is 4.97. The van der Waals surface area contributed by atoms with E-state index >= 15 is 0 Å². The Labute approximate surface area is 132 Å². The first kappa shape index (κ1) is 15.8. The number of carbonyl (C=O) groups is 2. The standard InChI is InChI=1S/C17H13NO3S/c1-11(19)22-16(17(20)21)15-8-6-14(7-9-15)13-4-2-12(10-18)3-5-13/h2-9,16H,1H3,(H,20,21). The maximum atomic E-state index is 11.3. The van der Waals surface area contributed by atoms with Gasteiger partial charge in [0.1, 0.15) is 5.25 Å². The van der Waals surface area contributed by atoms with Crippen LogP contribution in [0.15, 0.2) is 48.5 Å². The van der Waals surface area contributed by atoms with Gasteiger partial charge in [-0.15, -0.1) is 0 Å². The van der Waals surface area contributed by atoms with Crippen molar-refractivity contribution in [2.45, 2.75) is 12.2 Å². The Bertz CT molecular complexity index is 730. The Morgan fingerprint density at radius 2 is 1.55 bits per heavy atom. The second-order valence-corrected chi connectivity index (χ2v) is 5.92. The predicted octanol–water partition coefficient (Wildman–Crippen LogP) is 3.63. The number of carboxylic acids is 1. The molecule has 0 amide bonds. The summed E-state index contributed by atoms with van der Waals surface area (Å²) in [5.74, 6) is -1.04. The van der Waals surface area contributed by atoms with Gasteiger partial charge in [0.25, 0.3) is 0 Å². The van der Waals surface area contributed by atoms with Crippen LogP contribution in [0.1, 0.15) is 23.3 Å². The zero-order valence-electron chi connectivity index (χ0n) is 11.8. The maximum absolute atomic E-state index is 11.3. The Morgan fingerprint density at radius 3 is 1.95 bits per heavy atom. The highest BCUT2D eigenvalue weighted by molar-refractivity contribution is 8.14. The van der Waals surface area contributed by atoms with Crippen LogP contribution in [-0.2, 0) is 9.59 Å². The zero-order valence-corrected chi connectivity index (χ0v) is 12.6. The molecular formula is C17H13NO3S. The summed E-state index contributed by atoms with van der Waals surface area (Å²) < 4.78 is 0. The van der Waals surface area contributed by atoms with Crippen molar-refractivity contribution < 1.29 is 14.7 Å². The molecule has 0 aliphatic rings. The average Bonchev–Trinajstić information content (AvgIpc) is 2.52. The molecule has 5 heteroatoms. The smallest absolute Gasteiger partial charge is 0.321 e. The maximum Gasteiger partial charge on any atom is 0.321 e. The third-order valence-corrected chi connectivity index (χ3v) is 4.11. The molecule has 0 aliphatic heterocycles. The Morgan fingerprint density at radius 1 is 1.05 bits per heavy atom. The number of thioether (sulfide) groups is 1. The van der Waals surface area contributed by atoms with Crippen LogP contribution < -0.4 is 0 Å². The number of carbonyl (C=O) groups excluding carboxylic acids is 1. The van der Waals surface area contributed by atoms with Crippen molar-refractivity contribution in [2.75, 3.05) is 0 Å². The lowest BCUT2D eigenvalue weighted by Gasteiger charge is -2.11. The van der Waals surface area contributed by atoms with Crippen LogP contribution in [0.4, 0.5) is 0 Å². The van der Waals surface area contributed by atoms with Crippen molar-refractivity contribution in [1.29, 1.82) is 5.26 Å². The molecule has 0 saturated carbocycles. The van der Waals surface area contributed by atoms with Crippen molar-refractivity contribution >= 4 is 22.8 Å². The summed E-state index contributed by atoms with van der Waals surface area (Å²) >= 11 is 0.793. The number of hydrogen-bond donors (Lipinski definition) is 1. The molecule has 1 unspecified atom stereocenters. The summed E-state index contributed by atoms with van der Waals surface area (Å²) in [6.07, 6.45) is 0. The van der Waals surface area contributed by atoms with E-state index in [9.17, 15) is 14.7 Å². The van der Waals surface area contributed by atoms with E-state index in [1.54, 1.807) is 24.3 Å². The van der Waals surface area contributed by atoms with E-state index in [0.717, 1.165) is 22.9 Å². The second-order valence-electron chi connectivity index (χ2n) is 4.64. The van der Waals surface area contributed by atoms with Crippen molar-refractivity contribution in [3.8, 4) is 17.2 Å². The number of nitrogens with zero attached hydrogens (tertiary/aromatic N) is 1. The molecular weight excluding hydrogens is 298 g/mol. The van der Waals surface area contributed by atoms with Crippen LogP contribution in [0.3, 0.4) is 0 Å². The van der Waals surface area contributed by atoms with E-state index in [0.29, 0.717) is 11.1 Å². The van der Waals surface area contributed by atoms with Gasteiger partial charge in [-0.3, -0.25) is 9.59 Å². The summed E-state index contributed by atoms with van der Waals surface area (Å²) in [6, 6.07) is 16.2. The lowest BCUT2D eigenvalue weighted by atomic mass is 10.0. The topological polar surface area (TPSA) is 78.2 Å². The average molecular weight is 311 g/mol. The number of carboxylic acid groups (broad SMARTS) is 1. The van der Waals surface area contributed by atoms with Crippen molar-refractivity contribution in [3.63, 3.8) is 0 Å². The van der Waals surface area contributed by atoms with E-state index in [-0.39, 0.29) is 5.12 Å². The fourth-order valence-electron chi connectivity index (χ4n) is 2.01. The quantitative estimate of drug-likeness (QED) is 0.932. The summed E-state index contributed by atoms with van der Waals surface area (Å²) in [6.45, 7) is 1.35.